The minimum Gasteiger partial charge on any atom is -0.106 e. The molecular weight excluding hydrogens is 259 g/mol. The number of hydrogen-bond donors (Lipinski definition) is 0. The lowest BCUT2D eigenvalue weighted by Gasteiger charge is -2.34. The Bertz CT molecular complexity index is 355. The molecule has 0 unspecified atom stereocenters. The molecule has 0 aliphatic heterocycles. The quantitative estimate of drug-likeness (QED) is 0.656. The van der Waals surface area contributed by atoms with Crippen LogP contribution in [0.1, 0.15) is 25.3 Å². The van der Waals surface area contributed by atoms with Gasteiger partial charge >= 0.3 is 0 Å². The fourth-order valence-electron chi connectivity index (χ4n) is 1.73. The Balaban J connectivity index is 2.22. The van der Waals surface area contributed by atoms with E-state index in [4.69, 9.17) is 11.6 Å². The van der Waals surface area contributed by atoms with E-state index >= 15 is 0 Å². The smallest absolute Gasteiger partial charge is 0.106 e. The van der Waals surface area contributed by atoms with Crippen LogP contribution >= 0.6 is 27.5 Å². The van der Waals surface area contributed by atoms with Crippen molar-refractivity contribution in [3.05, 3.63) is 41.5 Å². The van der Waals surface area contributed by atoms with Crippen LogP contribution in [0.15, 0.2) is 35.9 Å². The third-order valence-electron chi connectivity index (χ3n) is 2.68. The van der Waals surface area contributed by atoms with Crippen LogP contribution in [0.2, 0.25) is 0 Å². The van der Waals surface area contributed by atoms with Crippen LogP contribution in [0, 0.1) is 0 Å². The van der Waals surface area contributed by atoms with Crippen LogP contribution < -0.4 is 0 Å². The Hall–Kier alpha value is -0.270. The Morgan fingerprint density at radius 3 is 2.36 bits per heavy atom. The molecule has 0 aromatic heterocycles. The number of rotatable bonds is 1. The van der Waals surface area contributed by atoms with E-state index in [9.17, 15) is 0 Å². The van der Waals surface area contributed by atoms with E-state index in [1.807, 2.05) is 6.07 Å². The van der Waals surface area contributed by atoms with E-state index in [1.165, 1.54) is 16.7 Å². The first-order chi connectivity index (χ1) is 6.58. The first-order valence-corrected chi connectivity index (χ1v) is 5.87. The van der Waals surface area contributed by atoms with Crippen molar-refractivity contribution in [2.24, 2.45) is 0 Å². The van der Waals surface area contributed by atoms with Crippen molar-refractivity contribution in [1.29, 1.82) is 0 Å². The van der Waals surface area contributed by atoms with E-state index in [1.54, 1.807) is 0 Å². The van der Waals surface area contributed by atoms with Crippen molar-refractivity contribution in [3.63, 3.8) is 0 Å². The standard InChI is InChI=1S/C12H12BrCl/c1-9(10-5-3-2-4-6-10)11-7-12(13,14)8-11/h2-6H,7-8H2,1H3. The van der Waals surface area contributed by atoms with Gasteiger partial charge in [-0.2, -0.15) is 0 Å². The molecule has 74 valence electrons. The highest BCUT2D eigenvalue weighted by Crippen LogP contribution is 2.50. The molecular formula is C12H12BrCl. The van der Waals surface area contributed by atoms with E-state index in [-0.39, 0.29) is 3.78 Å². The summed E-state index contributed by atoms with van der Waals surface area (Å²) in [5.74, 6) is 0. The molecule has 1 aliphatic rings. The van der Waals surface area contributed by atoms with E-state index in [0.29, 0.717) is 0 Å². The maximum atomic E-state index is 6.11. The predicted octanol–water partition coefficient (Wildman–Crippen LogP) is 4.58. The minimum absolute atomic E-state index is 0.168. The molecule has 0 atom stereocenters. The third-order valence-corrected chi connectivity index (χ3v) is 3.51. The van der Waals surface area contributed by atoms with Gasteiger partial charge in [-0.05, 0) is 30.9 Å². The highest BCUT2D eigenvalue weighted by molar-refractivity contribution is 9.10. The van der Waals surface area contributed by atoms with Crippen LogP contribution in [-0.2, 0) is 0 Å². The maximum Gasteiger partial charge on any atom is 0.107 e. The van der Waals surface area contributed by atoms with Crippen molar-refractivity contribution in [2.45, 2.75) is 23.5 Å². The van der Waals surface area contributed by atoms with Crippen LogP contribution in [-0.4, -0.2) is 3.78 Å². The van der Waals surface area contributed by atoms with Gasteiger partial charge in [0.1, 0.15) is 3.78 Å². The van der Waals surface area contributed by atoms with Gasteiger partial charge in [-0.25, -0.2) is 0 Å². The summed E-state index contributed by atoms with van der Waals surface area (Å²) in [6.07, 6.45) is 1.91. The van der Waals surface area contributed by atoms with Crippen LogP contribution in [0.5, 0.6) is 0 Å². The maximum absolute atomic E-state index is 6.11. The molecule has 0 saturated heterocycles. The van der Waals surface area contributed by atoms with Gasteiger partial charge in [0.15, 0.2) is 0 Å². The predicted molar refractivity (Wildman–Crippen MR) is 65.8 cm³/mol. The summed E-state index contributed by atoms with van der Waals surface area (Å²) in [6.45, 7) is 2.17. The first kappa shape index (κ1) is 10.3. The normalized spacial score (nSPS) is 25.8. The van der Waals surface area contributed by atoms with Crippen LogP contribution in [0.4, 0.5) is 0 Å². The second-order valence-electron chi connectivity index (χ2n) is 3.80. The summed E-state index contributed by atoms with van der Waals surface area (Å²) in [4.78, 5) is 0. The second kappa shape index (κ2) is 3.71. The molecule has 0 heterocycles. The zero-order valence-corrected chi connectivity index (χ0v) is 10.4. The molecule has 1 fully saturated rings. The van der Waals surface area contributed by atoms with Gasteiger partial charge in [0, 0.05) is 0 Å². The molecule has 0 N–H and O–H groups in total. The van der Waals surface area contributed by atoms with Crippen molar-refractivity contribution in [1.82, 2.24) is 0 Å². The number of hydrogen-bond acceptors (Lipinski definition) is 0. The highest BCUT2D eigenvalue weighted by atomic mass is 79.9. The molecule has 2 heteroatoms. The lowest BCUT2D eigenvalue weighted by molar-refractivity contribution is 0.638. The minimum atomic E-state index is -0.168. The first-order valence-electron chi connectivity index (χ1n) is 4.70. The largest absolute Gasteiger partial charge is 0.107 e. The van der Waals surface area contributed by atoms with E-state index in [2.05, 4.69) is 47.1 Å². The van der Waals surface area contributed by atoms with Crippen LogP contribution in [0.25, 0.3) is 5.57 Å². The van der Waals surface area contributed by atoms with Gasteiger partial charge in [-0.15, -0.1) is 11.6 Å². The van der Waals surface area contributed by atoms with Gasteiger partial charge in [0.05, 0.1) is 0 Å². The summed E-state index contributed by atoms with van der Waals surface area (Å²) in [6, 6.07) is 10.5. The van der Waals surface area contributed by atoms with Gasteiger partial charge in [-0.3, -0.25) is 0 Å². The van der Waals surface area contributed by atoms with Gasteiger partial charge in [-0.1, -0.05) is 51.8 Å². The molecule has 0 spiro atoms. The summed E-state index contributed by atoms with van der Waals surface area (Å²) in [5, 5.41) is 0. The molecule has 14 heavy (non-hydrogen) atoms. The Morgan fingerprint density at radius 2 is 1.86 bits per heavy atom. The topological polar surface area (TPSA) is 0 Å². The van der Waals surface area contributed by atoms with Crippen molar-refractivity contribution in [2.75, 3.05) is 0 Å². The molecule has 0 amide bonds. The summed E-state index contributed by atoms with van der Waals surface area (Å²) < 4.78 is -0.168. The molecule has 0 nitrogen and oxygen atoms in total. The van der Waals surface area contributed by atoms with E-state index in [0.717, 1.165) is 12.8 Å². The molecule has 1 saturated carbocycles. The number of benzene rings is 1. The average molecular weight is 272 g/mol. The summed E-state index contributed by atoms with van der Waals surface area (Å²) in [5.41, 5.74) is 4.14. The summed E-state index contributed by atoms with van der Waals surface area (Å²) >= 11 is 9.59. The number of allylic oxidation sites excluding steroid dienone is 2. The van der Waals surface area contributed by atoms with Crippen molar-refractivity contribution in [3.8, 4) is 0 Å². The lowest BCUT2D eigenvalue weighted by atomic mass is 9.85. The molecule has 2 rings (SSSR count). The van der Waals surface area contributed by atoms with E-state index < -0.39 is 0 Å². The lowest BCUT2D eigenvalue weighted by Crippen LogP contribution is -2.25. The van der Waals surface area contributed by atoms with Gasteiger partial charge < -0.3 is 0 Å². The number of halogens is 2. The highest BCUT2D eigenvalue weighted by Gasteiger charge is 2.36. The molecule has 1 aromatic carbocycles. The molecule has 1 aromatic rings. The number of alkyl halides is 2. The van der Waals surface area contributed by atoms with Gasteiger partial charge in [0.2, 0.25) is 0 Å². The Labute approximate surface area is 98.1 Å². The average Bonchev–Trinajstić information content (AvgIpc) is 2.14. The SMILES string of the molecule is CC(=C1CC(Cl)(Br)C1)c1ccccc1. The van der Waals surface area contributed by atoms with Crippen molar-refractivity contribution < 1.29 is 0 Å². The van der Waals surface area contributed by atoms with Gasteiger partial charge in [0.25, 0.3) is 0 Å². The summed E-state index contributed by atoms with van der Waals surface area (Å²) in [7, 11) is 0. The zero-order valence-electron chi connectivity index (χ0n) is 8.06. The van der Waals surface area contributed by atoms with Crippen LogP contribution in [0.3, 0.4) is 0 Å². The Morgan fingerprint density at radius 1 is 1.29 bits per heavy atom. The fraction of sp³-hybridized carbons (Fsp3) is 0.333. The Kier molecular flexibility index (Phi) is 2.72. The molecule has 0 bridgehead atoms. The zero-order chi connectivity index (χ0) is 10.2. The molecule has 0 radical (unpaired) electrons. The fourth-order valence-corrected chi connectivity index (χ4v) is 2.73. The second-order valence-corrected chi connectivity index (χ2v) is 6.50. The molecule has 1 aliphatic carbocycles. The monoisotopic (exact) mass is 270 g/mol. The van der Waals surface area contributed by atoms with Crippen molar-refractivity contribution >= 4 is 33.1 Å². The third kappa shape index (κ3) is 2.04.